The largest absolute Gasteiger partial charge is 0.462 e. The summed E-state index contributed by atoms with van der Waals surface area (Å²) in [5.74, 6) is -1.80. The van der Waals surface area contributed by atoms with E-state index >= 15 is 0 Å². The zero-order valence-electron chi connectivity index (χ0n) is 18.0. The molecule has 0 unspecified atom stereocenters. The number of hydrogen-bond donors (Lipinski definition) is 2. The smallest absolute Gasteiger partial charge is 0.306 e. The SMILES string of the molecule is [NH3+]CCCCCC(=O)OCCOC(=O)CCC(=O)OCCOC(=O)CCCCC[NH3+]. The highest BCUT2D eigenvalue weighted by atomic mass is 16.6. The lowest BCUT2D eigenvalue weighted by Crippen LogP contribution is -2.50. The molecular formula is C20H38N2O8+2. The molecule has 0 rings (SSSR count). The van der Waals surface area contributed by atoms with Crippen LogP contribution in [0.4, 0.5) is 0 Å². The van der Waals surface area contributed by atoms with Gasteiger partial charge in [-0.15, -0.1) is 0 Å². The molecule has 0 heterocycles. The normalized spacial score (nSPS) is 10.3. The number of quaternary nitrogens is 2. The van der Waals surface area contributed by atoms with Crippen molar-refractivity contribution in [1.29, 1.82) is 0 Å². The highest BCUT2D eigenvalue weighted by molar-refractivity contribution is 5.77. The third-order valence-corrected chi connectivity index (χ3v) is 4.01. The minimum absolute atomic E-state index is 0.00888. The van der Waals surface area contributed by atoms with E-state index in [0.717, 1.165) is 51.6 Å². The average molecular weight is 435 g/mol. The Morgan fingerprint density at radius 1 is 0.433 bits per heavy atom. The summed E-state index contributed by atoms with van der Waals surface area (Å²) in [6.07, 6.45) is 5.75. The Kier molecular flexibility index (Phi) is 18.6. The summed E-state index contributed by atoms with van der Waals surface area (Å²) >= 11 is 0. The predicted molar refractivity (Wildman–Crippen MR) is 106 cm³/mol. The van der Waals surface area contributed by atoms with Crippen LogP contribution < -0.4 is 11.5 Å². The average Bonchev–Trinajstić information content (AvgIpc) is 2.73. The number of esters is 4. The third kappa shape index (κ3) is 19.1. The molecule has 10 heteroatoms. The lowest BCUT2D eigenvalue weighted by atomic mass is 10.2. The molecule has 0 amide bonds. The molecule has 30 heavy (non-hydrogen) atoms. The van der Waals surface area contributed by atoms with E-state index < -0.39 is 11.9 Å². The first kappa shape index (κ1) is 27.8. The fraction of sp³-hybridized carbons (Fsp3) is 0.800. The summed E-state index contributed by atoms with van der Waals surface area (Å²) in [5, 5.41) is 0. The second-order valence-corrected chi connectivity index (χ2v) is 6.71. The Bertz CT molecular complexity index is 455. The van der Waals surface area contributed by atoms with Crippen LogP contribution in [0.5, 0.6) is 0 Å². The highest BCUT2D eigenvalue weighted by Crippen LogP contribution is 2.02. The van der Waals surface area contributed by atoms with Gasteiger partial charge in [-0.05, 0) is 38.5 Å². The highest BCUT2D eigenvalue weighted by Gasteiger charge is 2.10. The number of hydrogen-bond acceptors (Lipinski definition) is 8. The summed E-state index contributed by atoms with van der Waals surface area (Å²) in [7, 11) is 0. The number of ether oxygens (including phenoxy) is 4. The van der Waals surface area contributed by atoms with Gasteiger partial charge in [0.05, 0.1) is 25.9 Å². The molecule has 0 aromatic carbocycles. The van der Waals surface area contributed by atoms with Gasteiger partial charge < -0.3 is 30.4 Å². The number of unbranched alkanes of at least 4 members (excludes halogenated alkanes) is 4. The van der Waals surface area contributed by atoms with Crippen molar-refractivity contribution in [3.63, 3.8) is 0 Å². The van der Waals surface area contributed by atoms with Crippen molar-refractivity contribution in [3.8, 4) is 0 Å². The minimum atomic E-state index is -0.577. The summed E-state index contributed by atoms with van der Waals surface area (Å²) in [5.41, 5.74) is 7.46. The van der Waals surface area contributed by atoms with Crippen LogP contribution in [0.1, 0.15) is 64.2 Å². The monoisotopic (exact) mass is 434 g/mol. The minimum Gasteiger partial charge on any atom is -0.462 e. The van der Waals surface area contributed by atoms with Crippen LogP contribution >= 0.6 is 0 Å². The maximum Gasteiger partial charge on any atom is 0.306 e. The standard InChI is InChI=1S/C20H36N2O8/c21-11-5-1-3-7-17(23)27-13-15-29-19(25)9-10-20(26)30-16-14-28-18(24)8-4-2-6-12-22/h1-16,21-22H2/p+2. The topological polar surface area (TPSA) is 160 Å². The molecule has 0 radical (unpaired) electrons. The van der Waals surface area contributed by atoms with E-state index in [2.05, 4.69) is 11.5 Å². The quantitative estimate of drug-likeness (QED) is 0.157. The van der Waals surface area contributed by atoms with Crippen LogP contribution in [0, 0.1) is 0 Å². The lowest BCUT2D eigenvalue weighted by Gasteiger charge is -2.07. The first-order chi connectivity index (χ1) is 14.5. The van der Waals surface area contributed by atoms with E-state index in [4.69, 9.17) is 18.9 Å². The van der Waals surface area contributed by atoms with Crippen molar-refractivity contribution in [2.24, 2.45) is 0 Å². The molecular weight excluding hydrogens is 396 g/mol. The molecule has 0 aromatic heterocycles. The van der Waals surface area contributed by atoms with Crippen LogP contribution in [-0.2, 0) is 38.1 Å². The van der Waals surface area contributed by atoms with Crippen molar-refractivity contribution < 1.29 is 49.6 Å². The summed E-state index contributed by atoms with van der Waals surface area (Å²) in [6, 6.07) is 0. The molecule has 0 bridgehead atoms. The second kappa shape index (κ2) is 20.1. The molecule has 0 atom stereocenters. The van der Waals surface area contributed by atoms with Crippen LogP contribution in [-0.4, -0.2) is 63.4 Å². The zero-order valence-corrected chi connectivity index (χ0v) is 18.0. The van der Waals surface area contributed by atoms with E-state index in [-0.39, 0.29) is 51.2 Å². The summed E-state index contributed by atoms with van der Waals surface area (Å²) in [4.78, 5) is 46.0. The lowest BCUT2D eigenvalue weighted by molar-refractivity contribution is -0.368. The van der Waals surface area contributed by atoms with Gasteiger partial charge in [0.1, 0.15) is 26.4 Å². The third-order valence-electron chi connectivity index (χ3n) is 4.01. The van der Waals surface area contributed by atoms with Gasteiger partial charge in [0.15, 0.2) is 0 Å². The summed E-state index contributed by atoms with van der Waals surface area (Å²) in [6.45, 7) is 1.58. The molecule has 0 fully saturated rings. The summed E-state index contributed by atoms with van der Waals surface area (Å²) < 4.78 is 19.7. The number of carbonyl (C=O) groups excluding carboxylic acids is 4. The van der Waals surface area contributed by atoms with Crippen molar-refractivity contribution in [2.45, 2.75) is 64.2 Å². The molecule has 0 saturated carbocycles. The van der Waals surface area contributed by atoms with Gasteiger partial charge in [0.2, 0.25) is 0 Å². The molecule has 0 aliphatic rings. The van der Waals surface area contributed by atoms with Gasteiger partial charge in [-0.1, -0.05) is 0 Å². The fourth-order valence-electron chi connectivity index (χ4n) is 2.36. The van der Waals surface area contributed by atoms with Crippen molar-refractivity contribution in [1.82, 2.24) is 0 Å². The van der Waals surface area contributed by atoms with E-state index in [0.29, 0.717) is 12.8 Å². The molecule has 10 nitrogen and oxygen atoms in total. The molecule has 0 aromatic rings. The van der Waals surface area contributed by atoms with Crippen molar-refractivity contribution in [3.05, 3.63) is 0 Å². The maximum atomic E-state index is 11.6. The van der Waals surface area contributed by atoms with Crippen LogP contribution in [0.15, 0.2) is 0 Å². The molecule has 0 saturated heterocycles. The van der Waals surface area contributed by atoms with Gasteiger partial charge in [-0.3, -0.25) is 19.2 Å². The molecule has 0 aliphatic carbocycles. The van der Waals surface area contributed by atoms with Gasteiger partial charge in [-0.25, -0.2) is 0 Å². The van der Waals surface area contributed by atoms with Crippen molar-refractivity contribution in [2.75, 3.05) is 39.5 Å². The van der Waals surface area contributed by atoms with Crippen molar-refractivity contribution >= 4 is 23.9 Å². The Balaban J connectivity index is 3.56. The van der Waals surface area contributed by atoms with Gasteiger partial charge in [0, 0.05) is 12.8 Å². The van der Waals surface area contributed by atoms with Gasteiger partial charge in [0.25, 0.3) is 0 Å². The van der Waals surface area contributed by atoms with E-state index in [1.54, 1.807) is 0 Å². The van der Waals surface area contributed by atoms with Crippen LogP contribution in [0.25, 0.3) is 0 Å². The zero-order chi connectivity index (χ0) is 22.5. The van der Waals surface area contributed by atoms with Crippen LogP contribution in [0.2, 0.25) is 0 Å². The maximum absolute atomic E-state index is 11.6. The molecule has 0 spiro atoms. The first-order valence-corrected chi connectivity index (χ1v) is 10.7. The fourth-order valence-corrected chi connectivity index (χ4v) is 2.36. The van der Waals surface area contributed by atoms with Gasteiger partial charge in [-0.2, -0.15) is 0 Å². The Labute approximate surface area is 177 Å². The second-order valence-electron chi connectivity index (χ2n) is 6.71. The Hall–Kier alpha value is -2.20. The van der Waals surface area contributed by atoms with E-state index in [1.807, 2.05) is 0 Å². The molecule has 174 valence electrons. The number of carbonyl (C=O) groups is 4. The van der Waals surface area contributed by atoms with E-state index in [1.165, 1.54) is 0 Å². The van der Waals surface area contributed by atoms with Gasteiger partial charge >= 0.3 is 23.9 Å². The number of rotatable bonds is 19. The molecule has 0 aliphatic heterocycles. The van der Waals surface area contributed by atoms with E-state index in [9.17, 15) is 19.2 Å². The first-order valence-electron chi connectivity index (χ1n) is 10.7. The molecule has 6 N–H and O–H groups in total. The Morgan fingerprint density at radius 3 is 1.03 bits per heavy atom. The Morgan fingerprint density at radius 2 is 0.733 bits per heavy atom. The predicted octanol–water partition coefficient (Wildman–Crippen LogP) is -0.456. The van der Waals surface area contributed by atoms with Crippen LogP contribution in [0.3, 0.4) is 0 Å².